The van der Waals surface area contributed by atoms with Crippen LogP contribution in [0, 0.1) is 0 Å². The zero-order valence-electron chi connectivity index (χ0n) is 3.22. The van der Waals surface area contributed by atoms with Gasteiger partial charge >= 0.3 is 8.69 Å². The molecule has 0 bridgehead atoms. The number of halogens is 1. The monoisotopic (exact) mass is 126 g/mol. The van der Waals surface area contributed by atoms with Crippen molar-refractivity contribution >= 4 is 20.3 Å². The molecular weight excluding hydrogens is 122 g/mol. The Bertz CT molecular complexity index is 46.8. The lowest BCUT2D eigenvalue weighted by molar-refractivity contribution is 0.327. The lowest BCUT2D eigenvalue weighted by Crippen LogP contribution is -1.84. The molecule has 0 aliphatic heterocycles. The van der Waals surface area contributed by atoms with Gasteiger partial charge in [-0.05, 0) is 6.92 Å². The van der Waals surface area contributed by atoms with E-state index in [9.17, 15) is 4.57 Å². The highest BCUT2D eigenvalue weighted by Crippen LogP contribution is 2.04. The maximum absolute atomic E-state index is 9.41. The molecule has 0 spiro atoms. The Morgan fingerprint density at radius 3 is 2.50 bits per heavy atom. The fraction of sp³-hybridized carbons (Fsp3) is 1.00. The molecule has 0 saturated carbocycles. The van der Waals surface area contributed by atoms with E-state index in [4.69, 9.17) is 11.6 Å². The van der Waals surface area contributed by atoms with Crippen molar-refractivity contribution in [1.29, 1.82) is 0 Å². The smallest absolute Gasteiger partial charge is 0.275 e. The summed E-state index contributed by atoms with van der Waals surface area (Å²) in [6.45, 7) is 1.59. The third kappa shape index (κ3) is 4.35. The molecule has 0 rings (SSSR count). The van der Waals surface area contributed by atoms with Crippen LogP contribution in [0.15, 0.2) is 0 Å². The number of alkyl halides is 1. The Morgan fingerprint density at radius 1 is 2.00 bits per heavy atom. The summed E-state index contributed by atoms with van der Waals surface area (Å²) < 4.78 is 13.6. The van der Waals surface area contributed by atoms with Crippen LogP contribution in [0.1, 0.15) is 6.92 Å². The van der Waals surface area contributed by atoms with Gasteiger partial charge in [-0.15, -0.1) is 0 Å². The van der Waals surface area contributed by atoms with Gasteiger partial charge in [-0.25, -0.2) is 4.57 Å². The lowest BCUT2D eigenvalue weighted by atomic mass is 10.9. The first-order valence-electron chi connectivity index (χ1n) is 1.40. The van der Waals surface area contributed by atoms with Gasteiger partial charge < -0.3 is 0 Å². The van der Waals surface area contributed by atoms with Crippen LogP contribution in [0.2, 0.25) is 0 Å². The molecule has 0 aliphatic rings. The van der Waals surface area contributed by atoms with E-state index in [2.05, 4.69) is 4.52 Å². The number of hydrogen-bond donors (Lipinski definition) is 0. The minimum absolute atomic E-state index is 0.358. The first kappa shape index (κ1) is 6.35. The molecule has 0 aliphatic carbocycles. The molecule has 0 amide bonds. The van der Waals surface area contributed by atoms with E-state index < -0.39 is 5.56 Å². The van der Waals surface area contributed by atoms with Crippen molar-refractivity contribution < 1.29 is 9.09 Å². The topological polar surface area (TPSA) is 26.3 Å². The summed E-state index contributed by atoms with van der Waals surface area (Å²) in [7, 11) is -0.358. The number of hydrogen-bond acceptors (Lipinski definition) is 2. The third-order valence-corrected chi connectivity index (χ3v) is 0.804. The molecule has 1 unspecified atom stereocenters. The van der Waals surface area contributed by atoms with Crippen molar-refractivity contribution in [3.05, 3.63) is 0 Å². The fourth-order valence-electron chi connectivity index (χ4n) is 0.0593. The van der Waals surface area contributed by atoms with Crippen LogP contribution in [-0.4, -0.2) is 5.56 Å². The first-order valence-corrected chi connectivity index (χ1v) is 2.56. The largest absolute Gasteiger partial charge is 0.328 e. The van der Waals surface area contributed by atoms with Crippen LogP contribution in [-0.2, 0) is 9.09 Å². The molecule has 0 heterocycles. The van der Waals surface area contributed by atoms with E-state index in [1.807, 2.05) is 0 Å². The zero-order valence-corrected chi connectivity index (χ0v) is 4.87. The molecule has 0 aromatic heterocycles. The van der Waals surface area contributed by atoms with Gasteiger partial charge in [0.25, 0.3) is 0 Å². The highest BCUT2D eigenvalue weighted by Gasteiger charge is 1.89. The normalized spacial score (nSPS) is 15.0. The van der Waals surface area contributed by atoms with Gasteiger partial charge in [0.2, 0.25) is 0 Å². The van der Waals surface area contributed by atoms with Crippen molar-refractivity contribution in [2.75, 3.05) is 0 Å². The molecule has 0 aromatic rings. The van der Waals surface area contributed by atoms with E-state index in [1.165, 1.54) is 0 Å². The van der Waals surface area contributed by atoms with Crippen LogP contribution < -0.4 is 0 Å². The summed E-state index contributed by atoms with van der Waals surface area (Å²) in [4.78, 5) is 0. The molecule has 0 radical (unpaired) electrons. The molecule has 0 fully saturated rings. The van der Waals surface area contributed by atoms with Gasteiger partial charge in [-0.3, -0.25) is 4.52 Å². The molecule has 0 saturated heterocycles. The van der Waals surface area contributed by atoms with Crippen LogP contribution in [0.25, 0.3) is 0 Å². The van der Waals surface area contributed by atoms with Gasteiger partial charge in [0.1, 0.15) is 5.56 Å². The minimum atomic E-state index is -0.454. The standard InChI is InChI=1S/C2H4ClO2P/c1-2(3)5-6-4/h2H,1H3. The highest BCUT2D eigenvalue weighted by molar-refractivity contribution is 7.17. The second kappa shape index (κ2) is 3.54. The summed E-state index contributed by atoms with van der Waals surface area (Å²) in [5.41, 5.74) is -0.454. The van der Waals surface area contributed by atoms with Crippen LogP contribution >= 0.6 is 20.3 Å². The van der Waals surface area contributed by atoms with Crippen LogP contribution in [0.5, 0.6) is 0 Å². The molecular formula is C2H4ClO2P. The Labute approximate surface area is 42.7 Å². The Balaban J connectivity index is 2.81. The molecule has 0 N–H and O–H groups in total. The van der Waals surface area contributed by atoms with Crippen molar-refractivity contribution in [3.8, 4) is 0 Å². The van der Waals surface area contributed by atoms with Crippen LogP contribution in [0.3, 0.4) is 0 Å². The van der Waals surface area contributed by atoms with E-state index in [0.29, 0.717) is 0 Å². The predicted molar refractivity (Wildman–Crippen MR) is 24.0 cm³/mol. The predicted octanol–water partition coefficient (Wildman–Crippen LogP) is 1.79. The molecule has 0 aromatic carbocycles. The van der Waals surface area contributed by atoms with Crippen LogP contribution in [0.4, 0.5) is 0 Å². The van der Waals surface area contributed by atoms with Gasteiger partial charge in [-0.2, -0.15) is 0 Å². The molecule has 1 atom stereocenters. The Hall–Kier alpha value is 0.350. The molecule has 2 nitrogen and oxygen atoms in total. The summed E-state index contributed by atoms with van der Waals surface area (Å²) in [5.74, 6) is 0. The van der Waals surface area contributed by atoms with E-state index in [1.54, 1.807) is 6.92 Å². The summed E-state index contributed by atoms with van der Waals surface area (Å²) in [6, 6.07) is 0. The summed E-state index contributed by atoms with van der Waals surface area (Å²) >= 11 is 5.15. The summed E-state index contributed by atoms with van der Waals surface area (Å²) in [6.07, 6.45) is 0. The van der Waals surface area contributed by atoms with Gasteiger partial charge in [-0.1, -0.05) is 11.6 Å². The van der Waals surface area contributed by atoms with E-state index in [0.717, 1.165) is 0 Å². The van der Waals surface area contributed by atoms with Gasteiger partial charge in [0.05, 0.1) is 0 Å². The quantitative estimate of drug-likeness (QED) is 0.417. The average Bonchev–Trinajstić information content (AvgIpc) is 1.35. The second-order valence-corrected chi connectivity index (χ2v) is 1.70. The lowest BCUT2D eigenvalue weighted by Gasteiger charge is -1.88. The van der Waals surface area contributed by atoms with Crippen molar-refractivity contribution in [3.63, 3.8) is 0 Å². The fourth-order valence-corrected chi connectivity index (χ4v) is 0.275. The van der Waals surface area contributed by atoms with Gasteiger partial charge in [0.15, 0.2) is 0 Å². The highest BCUT2D eigenvalue weighted by atomic mass is 35.5. The molecule has 36 valence electrons. The number of rotatable bonds is 2. The van der Waals surface area contributed by atoms with Gasteiger partial charge in [0, 0.05) is 0 Å². The maximum atomic E-state index is 9.41. The Morgan fingerprint density at radius 2 is 2.50 bits per heavy atom. The second-order valence-electron chi connectivity index (χ2n) is 0.723. The average molecular weight is 126 g/mol. The summed E-state index contributed by atoms with van der Waals surface area (Å²) in [5, 5.41) is 0. The van der Waals surface area contributed by atoms with Crippen molar-refractivity contribution in [2.45, 2.75) is 12.5 Å². The maximum Gasteiger partial charge on any atom is 0.328 e. The minimum Gasteiger partial charge on any atom is -0.275 e. The molecule has 4 heteroatoms. The van der Waals surface area contributed by atoms with Crippen molar-refractivity contribution in [1.82, 2.24) is 0 Å². The van der Waals surface area contributed by atoms with E-state index in [-0.39, 0.29) is 8.69 Å². The zero-order chi connectivity index (χ0) is 4.99. The Kier molecular flexibility index (Phi) is 3.74. The molecule has 6 heavy (non-hydrogen) atoms. The van der Waals surface area contributed by atoms with Crippen molar-refractivity contribution in [2.24, 2.45) is 0 Å². The first-order chi connectivity index (χ1) is 2.77. The van der Waals surface area contributed by atoms with E-state index >= 15 is 0 Å². The SMILES string of the molecule is CC(Cl)OP=O. The third-order valence-electron chi connectivity index (χ3n) is 0.188.